The average molecular weight is 200 g/mol. The highest BCUT2D eigenvalue weighted by molar-refractivity contribution is 5.79. The summed E-state index contributed by atoms with van der Waals surface area (Å²) < 4.78 is 10.8. The van der Waals surface area contributed by atoms with Crippen LogP contribution in [0.15, 0.2) is 0 Å². The summed E-state index contributed by atoms with van der Waals surface area (Å²) in [6.07, 6.45) is 5.41. The van der Waals surface area contributed by atoms with Crippen molar-refractivity contribution in [3.63, 3.8) is 0 Å². The maximum Gasteiger partial charge on any atom is 0.158 e. The van der Waals surface area contributed by atoms with Gasteiger partial charge in [0.05, 0.1) is 12.2 Å². The Hall–Kier alpha value is -0.410. The van der Waals surface area contributed by atoms with Crippen molar-refractivity contribution in [1.29, 1.82) is 0 Å². The van der Waals surface area contributed by atoms with E-state index in [1.54, 1.807) is 7.11 Å². The SMILES string of the molecule is CCC(=O)COC1CCC(OC)CC1. The minimum absolute atomic E-state index is 0.193. The lowest BCUT2D eigenvalue weighted by atomic mass is 9.95. The lowest BCUT2D eigenvalue weighted by Crippen LogP contribution is -2.27. The molecule has 0 N–H and O–H groups in total. The summed E-state index contributed by atoms with van der Waals surface area (Å²) in [6, 6.07) is 0. The molecule has 1 aliphatic rings. The number of hydrogen-bond donors (Lipinski definition) is 0. The second kappa shape index (κ2) is 6.14. The van der Waals surface area contributed by atoms with E-state index >= 15 is 0 Å². The molecule has 1 fully saturated rings. The Morgan fingerprint density at radius 3 is 2.29 bits per heavy atom. The Bertz CT molecular complexity index is 171. The molecule has 0 amide bonds. The number of rotatable bonds is 5. The zero-order valence-corrected chi connectivity index (χ0v) is 9.12. The molecule has 1 rings (SSSR count). The van der Waals surface area contributed by atoms with Gasteiger partial charge in [0, 0.05) is 13.5 Å². The number of Topliss-reactive ketones (excluding diaryl/α,β-unsaturated/α-hetero) is 1. The van der Waals surface area contributed by atoms with E-state index in [-0.39, 0.29) is 11.9 Å². The highest BCUT2D eigenvalue weighted by atomic mass is 16.5. The Morgan fingerprint density at radius 1 is 1.21 bits per heavy atom. The molecule has 0 aromatic carbocycles. The van der Waals surface area contributed by atoms with Crippen LogP contribution in [0.1, 0.15) is 39.0 Å². The molecule has 0 atom stereocenters. The smallest absolute Gasteiger partial charge is 0.158 e. The van der Waals surface area contributed by atoms with Gasteiger partial charge >= 0.3 is 0 Å². The van der Waals surface area contributed by atoms with E-state index in [0.717, 1.165) is 25.7 Å². The molecule has 0 heterocycles. The molecule has 0 aliphatic heterocycles. The molecule has 1 saturated carbocycles. The number of methoxy groups -OCH3 is 1. The lowest BCUT2D eigenvalue weighted by molar-refractivity contribution is -0.126. The summed E-state index contributed by atoms with van der Waals surface area (Å²) in [7, 11) is 1.76. The molecule has 1 aliphatic carbocycles. The molecule has 3 nitrogen and oxygen atoms in total. The van der Waals surface area contributed by atoms with Gasteiger partial charge in [0.1, 0.15) is 6.61 Å². The third-order valence-corrected chi connectivity index (χ3v) is 2.83. The molecule has 3 heteroatoms. The van der Waals surface area contributed by atoms with Gasteiger partial charge in [0.15, 0.2) is 5.78 Å². The second-order valence-electron chi connectivity index (χ2n) is 3.84. The van der Waals surface area contributed by atoms with E-state index < -0.39 is 0 Å². The summed E-state index contributed by atoms with van der Waals surface area (Å²) in [4.78, 5) is 11.0. The fourth-order valence-corrected chi connectivity index (χ4v) is 1.75. The van der Waals surface area contributed by atoms with Crippen LogP contribution in [-0.4, -0.2) is 31.7 Å². The molecular weight excluding hydrogens is 180 g/mol. The van der Waals surface area contributed by atoms with Gasteiger partial charge in [-0.15, -0.1) is 0 Å². The number of carbonyl (C=O) groups excluding carboxylic acids is 1. The fourth-order valence-electron chi connectivity index (χ4n) is 1.75. The third kappa shape index (κ3) is 3.76. The van der Waals surface area contributed by atoms with Crippen molar-refractivity contribution in [3.8, 4) is 0 Å². The molecule has 0 unspecified atom stereocenters. The third-order valence-electron chi connectivity index (χ3n) is 2.83. The van der Waals surface area contributed by atoms with E-state index in [4.69, 9.17) is 9.47 Å². The average Bonchev–Trinajstić information content (AvgIpc) is 2.26. The van der Waals surface area contributed by atoms with Gasteiger partial charge in [-0.1, -0.05) is 6.92 Å². The largest absolute Gasteiger partial charge is 0.381 e. The predicted octanol–water partition coefficient (Wildman–Crippen LogP) is 1.94. The van der Waals surface area contributed by atoms with E-state index in [1.807, 2.05) is 6.92 Å². The van der Waals surface area contributed by atoms with E-state index in [2.05, 4.69) is 0 Å². The Labute approximate surface area is 85.8 Å². The number of ether oxygens (including phenoxy) is 2. The predicted molar refractivity (Wildman–Crippen MR) is 54.3 cm³/mol. The fraction of sp³-hybridized carbons (Fsp3) is 0.909. The first-order valence-corrected chi connectivity index (χ1v) is 5.42. The van der Waals surface area contributed by atoms with Gasteiger partial charge in [0.25, 0.3) is 0 Å². The minimum atomic E-state index is 0.193. The number of carbonyl (C=O) groups is 1. The summed E-state index contributed by atoms with van der Waals surface area (Å²) in [6.45, 7) is 2.16. The van der Waals surface area contributed by atoms with Crippen molar-refractivity contribution >= 4 is 5.78 Å². The zero-order valence-electron chi connectivity index (χ0n) is 9.12. The van der Waals surface area contributed by atoms with E-state index in [0.29, 0.717) is 19.1 Å². The van der Waals surface area contributed by atoms with Gasteiger partial charge in [0.2, 0.25) is 0 Å². The summed E-state index contributed by atoms with van der Waals surface area (Å²) in [5, 5.41) is 0. The van der Waals surface area contributed by atoms with Crippen LogP contribution in [0.2, 0.25) is 0 Å². The molecule has 0 bridgehead atoms. The number of hydrogen-bond acceptors (Lipinski definition) is 3. The molecule has 0 radical (unpaired) electrons. The highest BCUT2D eigenvalue weighted by Crippen LogP contribution is 2.22. The van der Waals surface area contributed by atoms with Gasteiger partial charge in [-0.05, 0) is 25.7 Å². The topological polar surface area (TPSA) is 35.5 Å². The zero-order chi connectivity index (χ0) is 10.4. The van der Waals surface area contributed by atoms with Crippen molar-refractivity contribution in [2.45, 2.75) is 51.2 Å². The van der Waals surface area contributed by atoms with Crippen LogP contribution in [0.3, 0.4) is 0 Å². The van der Waals surface area contributed by atoms with Gasteiger partial charge < -0.3 is 9.47 Å². The summed E-state index contributed by atoms with van der Waals surface area (Å²) in [5.74, 6) is 0.193. The highest BCUT2D eigenvalue weighted by Gasteiger charge is 2.21. The van der Waals surface area contributed by atoms with Crippen molar-refractivity contribution in [2.24, 2.45) is 0 Å². The minimum Gasteiger partial charge on any atom is -0.381 e. The van der Waals surface area contributed by atoms with Crippen LogP contribution < -0.4 is 0 Å². The van der Waals surface area contributed by atoms with Crippen LogP contribution in [0.5, 0.6) is 0 Å². The molecule has 14 heavy (non-hydrogen) atoms. The summed E-state index contributed by atoms with van der Waals surface area (Å²) >= 11 is 0. The quantitative estimate of drug-likeness (QED) is 0.680. The van der Waals surface area contributed by atoms with Crippen LogP contribution in [0.25, 0.3) is 0 Å². The van der Waals surface area contributed by atoms with E-state index in [1.165, 1.54) is 0 Å². The standard InChI is InChI=1S/C11H20O3/c1-3-9(12)8-14-11-6-4-10(13-2)5-7-11/h10-11H,3-8H2,1-2H3. The van der Waals surface area contributed by atoms with Crippen LogP contribution in [0, 0.1) is 0 Å². The van der Waals surface area contributed by atoms with E-state index in [9.17, 15) is 4.79 Å². The molecule has 0 saturated heterocycles. The maximum absolute atomic E-state index is 11.0. The van der Waals surface area contributed by atoms with Crippen molar-refractivity contribution in [2.75, 3.05) is 13.7 Å². The normalized spacial score (nSPS) is 27.6. The molecule has 0 aromatic rings. The molecule has 0 aromatic heterocycles. The monoisotopic (exact) mass is 200 g/mol. The lowest BCUT2D eigenvalue weighted by Gasteiger charge is -2.27. The van der Waals surface area contributed by atoms with Crippen molar-refractivity contribution < 1.29 is 14.3 Å². The van der Waals surface area contributed by atoms with Crippen molar-refractivity contribution in [1.82, 2.24) is 0 Å². The van der Waals surface area contributed by atoms with Crippen LogP contribution >= 0.6 is 0 Å². The second-order valence-corrected chi connectivity index (χ2v) is 3.84. The van der Waals surface area contributed by atoms with Crippen LogP contribution in [0.4, 0.5) is 0 Å². The summed E-state index contributed by atoms with van der Waals surface area (Å²) in [5.41, 5.74) is 0. The van der Waals surface area contributed by atoms with Gasteiger partial charge in [-0.25, -0.2) is 0 Å². The molecule has 0 spiro atoms. The maximum atomic E-state index is 11.0. The first-order valence-electron chi connectivity index (χ1n) is 5.42. The Morgan fingerprint density at radius 2 is 1.79 bits per heavy atom. The first-order chi connectivity index (χ1) is 6.76. The van der Waals surface area contributed by atoms with Gasteiger partial charge in [-0.2, -0.15) is 0 Å². The number of ketones is 1. The van der Waals surface area contributed by atoms with Crippen molar-refractivity contribution in [3.05, 3.63) is 0 Å². The first kappa shape index (κ1) is 11.7. The molecule has 82 valence electrons. The Kier molecular flexibility index (Phi) is 5.12. The van der Waals surface area contributed by atoms with Gasteiger partial charge in [-0.3, -0.25) is 4.79 Å². The van der Waals surface area contributed by atoms with Crippen LogP contribution in [-0.2, 0) is 14.3 Å². The Balaban J connectivity index is 2.13. The molecular formula is C11H20O3.